The lowest BCUT2D eigenvalue weighted by atomic mass is 10.1. The van der Waals surface area contributed by atoms with Crippen molar-refractivity contribution in [2.45, 2.75) is 6.92 Å². The Morgan fingerprint density at radius 3 is 2.84 bits per heavy atom. The van der Waals surface area contributed by atoms with Gasteiger partial charge in [-0.2, -0.15) is 0 Å². The molecule has 3 rings (SSSR count). The SMILES string of the molecule is Cc1cncc(-c2noc(N)c2-c2ccccn2)c1. The van der Waals surface area contributed by atoms with Gasteiger partial charge in [-0.15, -0.1) is 0 Å². The average Bonchev–Trinajstić information content (AvgIpc) is 2.82. The number of rotatable bonds is 2. The zero-order valence-corrected chi connectivity index (χ0v) is 10.4. The highest BCUT2D eigenvalue weighted by atomic mass is 16.5. The van der Waals surface area contributed by atoms with E-state index in [0.29, 0.717) is 11.3 Å². The topological polar surface area (TPSA) is 77.8 Å². The highest BCUT2D eigenvalue weighted by Gasteiger charge is 2.18. The van der Waals surface area contributed by atoms with E-state index >= 15 is 0 Å². The van der Waals surface area contributed by atoms with E-state index in [1.807, 2.05) is 31.2 Å². The van der Waals surface area contributed by atoms with Gasteiger partial charge >= 0.3 is 0 Å². The third-order valence-corrected chi connectivity index (χ3v) is 2.79. The number of hydrogen-bond donors (Lipinski definition) is 1. The predicted molar refractivity (Wildman–Crippen MR) is 72.1 cm³/mol. The maximum Gasteiger partial charge on any atom is 0.232 e. The van der Waals surface area contributed by atoms with Crippen LogP contribution in [-0.2, 0) is 0 Å². The fraction of sp³-hybridized carbons (Fsp3) is 0.0714. The van der Waals surface area contributed by atoms with Crippen molar-refractivity contribution in [1.82, 2.24) is 15.1 Å². The van der Waals surface area contributed by atoms with Crippen LogP contribution in [0.1, 0.15) is 5.56 Å². The van der Waals surface area contributed by atoms with Crippen molar-refractivity contribution in [3.63, 3.8) is 0 Å². The monoisotopic (exact) mass is 252 g/mol. The summed E-state index contributed by atoms with van der Waals surface area (Å²) in [7, 11) is 0. The Morgan fingerprint density at radius 2 is 2.11 bits per heavy atom. The van der Waals surface area contributed by atoms with Gasteiger partial charge in [-0.05, 0) is 30.7 Å². The van der Waals surface area contributed by atoms with Gasteiger partial charge in [0.25, 0.3) is 0 Å². The van der Waals surface area contributed by atoms with Crippen LogP contribution in [0.25, 0.3) is 22.5 Å². The van der Waals surface area contributed by atoms with Gasteiger partial charge in [0.1, 0.15) is 5.69 Å². The van der Waals surface area contributed by atoms with Gasteiger partial charge in [0.15, 0.2) is 0 Å². The van der Waals surface area contributed by atoms with Crippen molar-refractivity contribution >= 4 is 5.88 Å². The van der Waals surface area contributed by atoms with Crippen LogP contribution < -0.4 is 5.73 Å². The van der Waals surface area contributed by atoms with Gasteiger partial charge in [0.05, 0.1) is 11.3 Å². The molecular weight excluding hydrogens is 240 g/mol. The first kappa shape index (κ1) is 11.4. The second-order valence-corrected chi connectivity index (χ2v) is 4.24. The summed E-state index contributed by atoms with van der Waals surface area (Å²) in [6.45, 7) is 1.97. The number of nitrogens with zero attached hydrogens (tertiary/aromatic N) is 3. The lowest BCUT2D eigenvalue weighted by molar-refractivity contribution is 0.439. The Morgan fingerprint density at radius 1 is 1.21 bits per heavy atom. The molecule has 3 heterocycles. The molecule has 0 aliphatic heterocycles. The Labute approximate surface area is 110 Å². The molecule has 0 saturated carbocycles. The molecule has 19 heavy (non-hydrogen) atoms. The summed E-state index contributed by atoms with van der Waals surface area (Å²) in [6, 6.07) is 7.60. The molecule has 0 atom stereocenters. The maximum atomic E-state index is 5.86. The number of pyridine rings is 2. The van der Waals surface area contributed by atoms with Gasteiger partial charge in [-0.1, -0.05) is 11.2 Å². The summed E-state index contributed by atoms with van der Waals surface area (Å²) in [4.78, 5) is 8.45. The molecule has 0 radical (unpaired) electrons. The van der Waals surface area contributed by atoms with Crippen LogP contribution in [0.5, 0.6) is 0 Å². The van der Waals surface area contributed by atoms with E-state index in [-0.39, 0.29) is 5.88 Å². The molecule has 5 heteroatoms. The molecule has 0 spiro atoms. The molecule has 5 nitrogen and oxygen atoms in total. The van der Waals surface area contributed by atoms with Gasteiger partial charge in [-0.3, -0.25) is 9.97 Å². The van der Waals surface area contributed by atoms with Crippen LogP contribution in [0.4, 0.5) is 5.88 Å². The number of aromatic nitrogens is 3. The zero-order valence-electron chi connectivity index (χ0n) is 10.4. The summed E-state index contributed by atoms with van der Waals surface area (Å²) in [6.07, 6.45) is 5.23. The van der Waals surface area contributed by atoms with Crippen LogP contribution in [-0.4, -0.2) is 15.1 Å². The average molecular weight is 252 g/mol. The molecule has 0 aliphatic carbocycles. The molecule has 0 aliphatic rings. The quantitative estimate of drug-likeness (QED) is 0.758. The molecule has 0 unspecified atom stereocenters. The Balaban J connectivity index is 2.19. The fourth-order valence-electron chi connectivity index (χ4n) is 1.94. The van der Waals surface area contributed by atoms with E-state index in [1.54, 1.807) is 18.6 Å². The number of anilines is 1. The third kappa shape index (κ3) is 2.06. The molecule has 0 bridgehead atoms. The van der Waals surface area contributed by atoms with E-state index in [1.165, 1.54) is 0 Å². The number of nitrogens with two attached hydrogens (primary N) is 1. The van der Waals surface area contributed by atoms with Gasteiger partial charge in [0, 0.05) is 24.2 Å². The van der Waals surface area contributed by atoms with Crippen molar-refractivity contribution < 1.29 is 4.52 Å². The number of aryl methyl sites for hydroxylation is 1. The van der Waals surface area contributed by atoms with E-state index in [9.17, 15) is 0 Å². The summed E-state index contributed by atoms with van der Waals surface area (Å²) in [5.74, 6) is 0.259. The van der Waals surface area contributed by atoms with Crippen molar-refractivity contribution in [2.24, 2.45) is 0 Å². The van der Waals surface area contributed by atoms with E-state index < -0.39 is 0 Å². The van der Waals surface area contributed by atoms with Crippen LogP contribution in [0.3, 0.4) is 0 Å². The van der Waals surface area contributed by atoms with Crippen molar-refractivity contribution in [2.75, 3.05) is 5.73 Å². The first-order valence-corrected chi connectivity index (χ1v) is 5.84. The number of nitrogen functional groups attached to an aromatic ring is 1. The molecule has 0 fully saturated rings. The maximum absolute atomic E-state index is 5.86. The zero-order chi connectivity index (χ0) is 13.2. The molecule has 0 amide bonds. The molecule has 2 N–H and O–H groups in total. The first-order valence-electron chi connectivity index (χ1n) is 5.84. The minimum Gasteiger partial charge on any atom is -0.367 e. The Bertz CT molecular complexity index is 706. The molecule has 0 aromatic carbocycles. The Hall–Kier alpha value is -2.69. The predicted octanol–water partition coefficient (Wildman–Crippen LogP) is 2.69. The minimum atomic E-state index is 0.259. The van der Waals surface area contributed by atoms with E-state index in [2.05, 4.69) is 15.1 Å². The number of hydrogen-bond acceptors (Lipinski definition) is 5. The molecule has 3 aromatic heterocycles. The van der Waals surface area contributed by atoms with Gasteiger partial charge in [0.2, 0.25) is 5.88 Å². The van der Waals surface area contributed by atoms with Crippen molar-refractivity contribution in [3.05, 3.63) is 48.4 Å². The van der Waals surface area contributed by atoms with E-state index in [4.69, 9.17) is 10.3 Å². The van der Waals surface area contributed by atoms with Crippen LogP contribution in [0.2, 0.25) is 0 Å². The summed E-state index contributed by atoms with van der Waals surface area (Å²) < 4.78 is 5.10. The van der Waals surface area contributed by atoms with E-state index in [0.717, 1.165) is 16.8 Å². The van der Waals surface area contributed by atoms with Crippen molar-refractivity contribution in [1.29, 1.82) is 0 Å². The second-order valence-electron chi connectivity index (χ2n) is 4.24. The molecule has 0 saturated heterocycles. The largest absolute Gasteiger partial charge is 0.367 e. The Kier molecular flexibility index (Phi) is 2.72. The minimum absolute atomic E-state index is 0.259. The van der Waals surface area contributed by atoms with Crippen molar-refractivity contribution in [3.8, 4) is 22.5 Å². The molecule has 3 aromatic rings. The highest BCUT2D eigenvalue weighted by Crippen LogP contribution is 2.34. The first-order chi connectivity index (χ1) is 9.25. The van der Waals surface area contributed by atoms with Gasteiger partial charge < -0.3 is 10.3 Å². The van der Waals surface area contributed by atoms with Crippen LogP contribution >= 0.6 is 0 Å². The smallest absolute Gasteiger partial charge is 0.232 e. The standard InChI is InChI=1S/C14H12N4O/c1-9-6-10(8-16-7-9)13-12(14(15)19-18-13)11-4-2-3-5-17-11/h2-8H,15H2,1H3. The van der Waals surface area contributed by atoms with Crippen LogP contribution in [0, 0.1) is 6.92 Å². The fourth-order valence-corrected chi connectivity index (χ4v) is 1.94. The molecular formula is C14H12N4O. The lowest BCUT2D eigenvalue weighted by Gasteiger charge is -2.02. The normalized spacial score (nSPS) is 10.6. The van der Waals surface area contributed by atoms with Gasteiger partial charge in [-0.25, -0.2) is 0 Å². The lowest BCUT2D eigenvalue weighted by Crippen LogP contribution is -1.90. The van der Waals surface area contributed by atoms with Crippen LogP contribution in [0.15, 0.2) is 47.4 Å². The summed E-state index contributed by atoms with van der Waals surface area (Å²) >= 11 is 0. The second kappa shape index (κ2) is 4.53. The summed E-state index contributed by atoms with van der Waals surface area (Å²) in [5.41, 5.74) is 9.86. The third-order valence-electron chi connectivity index (χ3n) is 2.79. The highest BCUT2D eigenvalue weighted by molar-refractivity contribution is 5.84. The summed E-state index contributed by atoms with van der Waals surface area (Å²) in [5, 5.41) is 4.02. The molecule has 94 valence electrons.